The summed E-state index contributed by atoms with van der Waals surface area (Å²) in [6, 6.07) is 2.53. The number of hydrogen-bond acceptors (Lipinski definition) is 2. The van der Waals surface area contributed by atoms with Gasteiger partial charge in [0.1, 0.15) is 11.6 Å². The second-order valence-electron chi connectivity index (χ2n) is 3.45. The van der Waals surface area contributed by atoms with Crippen LogP contribution < -0.4 is 10.5 Å². The molecule has 0 fully saturated rings. The van der Waals surface area contributed by atoms with Crippen molar-refractivity contribution >= 4 is 0 Å². The monoisotopic (exact) mass is 267 g/mol. The summed E-state index contributed by atoms with van der Waals surface area (Å²) in [5.74, 6) is -1.31. The van der Waals surface area contributed by atoms with Crippen LogP contribution in [0.2, 0.25) is 0 Å². The minimum Gasteiger partial charge on any atom is -0.406 e. The van der Waals surface area contributed by atoms with Crippen LogP contribution in [-0.4, -0.2) is 12.9 Å². The zero-order valence-electron chi connectivity index (χ0n) is 9.10. The van der Waals surface area contributed by atoms with Crippen molar-refractivity contribution in [1.82, 2.24) is 0 Å². The summed E-state index contributed by atoms with van der Waals surface area (Å²) >= 11 is 0. The first-order valence-electron chi connectivity index (χ1n) is 4.88. The largest absolute Gasteiger partial charge is 0.573 e. The van der Waals surface area contributed by atoms with Crippen LogP contribution in [0.1, 0.15) is 5.56 Å². The molecule has 0 saturated carbocycles. The number of nitrogens with two attached hydrogens (primary N) is 1. The fraction of sp³-hybridized carbons (Fsp3) is 0.273. The first-order chi connectivity index (χ1) is 8.35. The zero-order valence-corrected chi connectivity index (χ0v) is 9.10. The van der Waals surface area contributed by atoms with Crippen molar-refractivity contribution < 1.29 is 26.7 Å². The molecule has 0 amide bonds. The fourth-order valence-electron chi connectivity index (χ4n) is 1.28. The molecule has 0 aliphatic carbocycles. The van der Waals surface area contributed by atoms with Gasteiger partial charge in [0.15, 0.2) is 0 Å². The number of hydrogen-bond donors (Lipinski definition) is 1. The molecular weight excluding hydrogens is 257 g/mol. The molecule has 7 heteroatoms. The molecule has 0 aliphatic heterocycles. The molecular formula is C11H10F5NO. The molecule has 2 nitrogen and oxygen atoms in total. The van der Waals surface area contributed by atoms with Gasteiger partial charge in [-0.15, -0.1) is 13.2 Å². The average molecular weight is 267 g/mol. The maximum absolute atomic E-state index is 13.3. The molecule has 100 valence electrons. The van der Waals surface area contributed by atoms with Crippen molar-refractivity contribution in [3.63, 3.8) is 0 Å². The Bertz CT molecular complexity index is 442. The summed E-state index contributed by atoms with van der Waals surface area (Å²) in [4.78, 5) is 0. The normalized spacial score (nSPS) is 12.7. The van der Waals surface area contributed by atoms with E-state index >= 15 is 0 Å². The molecule has 18 heavy (non-hydrogen) atoms. The molecule has 0 bridgehead atoms. The van der Waals surface area contributed by atoms with Gasteiger partial charge in [-0.2, -0.15) is 0 Å². The molecule has 1 rings (SSSR count). The van der Waals surface area contributed by atoms with Crippen molar-refractivity contribution in [2.45, 2.75) is 12.8 Å². The van der Waals surface area contributed by atoms with Gasteiger partial charge in [-0.05, 0) is 29.3 Å². The van der Waals surface area contributed by atoms with Crippen molar-refractivity contribution in [2.24, 2.45) is 5.73 Å². The molecule has 0 aliphatic rings. The Morgan fingerprint density at radius 3 is 2.50 bits per heavy atom. The number of halogens is 5. The average Bonchev–Trinajstić information content (AvgIpc) is 2.28. The molecule has 1 aromatic rings. The summed E-state index contributed by atoms with van der Waals surface area (Å²) in [6.07, 6.45) is -4.87. The number of ether oxygens (including phenoxy) is 1. The standard InChI is InChI=1S/C11H10F5NO/c12-5-7(6-17)3-8-4-9(1-2-10(8)13)18-11(14,15)16/h1-2,4-5H,3,6,17H2. The van der Waals surface area contributed by atoms with Crippen molar-refractivity contribution in [3.05, 3.63) is 41.5 Å². The topological polar surface area (TPSA) is 35.2 Å². The molecule has 0 atom stereocenters. The van der Waals surface area contributed by atoms with Gasteiger partial charge in [-0.1, -0.05) is 0 Å². The summed E-state index contributed by atoms with van der Waals surface area (Å²) in [5.41, 5.74) is 5.13. The molecule has 0 unspecified atom stereocenters. The second-order valence-corrected chi connectivity index (χ2v) is 3.45. The Morgan fingerprint density at radius 1 is 1.33 bits per heavy atom. The van der Waals surface area contributed by atoms with E-state index in [2.05, 4.69) is 4.74 Å². The van der Waals surface area contributed by atoms with E-state index in [1.54, 1.807) is 0 Å². The highest BCUT2D eigenvalue weighted by Crippen LogP contribution is 2.25. The lowest BCUT2D eigenvalue weighted by atomic mass is 10.1. The van der Waals surface area contributed by atoms with Gasteiger partial charge >= 0.3 is 6.36 Å². The lowest BCUT2D eigenvalue weighted by Crippen LogP contribution is -2.17. The molecule has 0 saturated heterocycles. The zero-order chi connectivity index (χ0) is 13.8. The van der Waals surface area contributed by atoms with E-state index in [0.717, 1.165) is 18.2 Å². The Balaban J connectivity index is 2.94. The molecule has 0 aromatic heterocycles. The van der Waals surface area contributed by atoms with Crippen LogP contribution in [0.15, 0.2) is 30.1 Å². The van der Waals surface area contributed by atoms with Crippen LogP contribution in [0.25, 0.3) is 0 Å². The van der Waals surface area contributed by atoms with E-state index in [9.17, 15) is 22.0 Å². The number of benzene rings is 1. The van der Waals surface area contributed by atoms with Crippen molar-refractivity contribution in [3.8, 4) is 5.75 Å². The molecule has 0 radical (unpaired) electrons. The van der Waals surface area contributed by atoms with Gasteiger partial charge < -0.3 is 10.5 Å². The van der Waals surface area contributed by atoms with Crippen LogP contribution >= 0.6 is 0 Å². The third-order valence-corrected chi connectivity index (χ3v) is 2.08. The highest BCUT2D eigenvalue weighted by Gasteiger charge is 2.31. The summed E-state index contributed by atoms with van der Waals surface area (Å²) < 4.78 is 65.1. The van der Waals surface area contributed by atoms with Crippen LogP contribution in [0, 0.1) is 5.82 Å². The summed E-state index contributed by atoms with van der Waals surface area (Å²) in [6.45, 7) is -0.152. The molecule has 0 heterocycles. The van der Waals surface area contributed by atoms with Gasteiger partial charge in [0.25, 0.3) is 0 Å². The first kappa shape index (κ1) is 14.4. The Morgan fingerprint density at radius 2 is 2.00 bits per heavy atom. The maximum atomic E-state index is 13.3. The molecule has 1 aromatic carbocycles. The van der Waals surface area contributed by atoms with E-state index in [-0.39, 0.29) is 30.4 Å². The van der Waals surface area contributed by atoms with Crippen LogP contribution in [0.3, 0.4) is 0 Å². The van der Waals surface area contributed by atoms with E-state index in [1.807, 2.05) is 0 Å². The SMILES string of the molecule is NCC(=CF)Cc1cc(OC(F)(F)F)ccc1F. The van der Waals surface area contributed by atoms with Crippen molar-refractivity contribution in [1.29, 1.82) is 0 Å². The summed E-state index contributed by atoms with van der Waals surface area (Å²) in [5, 5.41) is 0. The van der Waals surface area contributed by atoms with Crippen LogP contribution in [0.5, 0.6) is 5.75 Å². The third kappa shape index (κ3) is 4.33. The smallest absolute Gasteiger partial charge is 0.406 e. The quantitative estimate of drug-likeness (QED) is 0.851. The number of rotatable bonds is 4. The van der Waals surface area contributed by atoms with Gasteiger partial charge in [-0.3, -0.25) is 0 Å². The maximum Gasteiger partial charge on any atom is 0.573 e. The van der Waals surface area contributed by atoms with Gasteiger partial charge in [0.2, 0.25) is 0 Å². The van der Waals surface area contributed by atoms with E-state index in [1.165, 1.54) is 0 Å². The number of alkyl halides is 3. The lowest BCUT2D eigenvalue weighted by Gasteiger charge is -2.11. The first-order valence-corrected chi connectivity index (χ1v) is 4.88. The minimum atomic E-state index is -4.86. The van der Waals surface area contributed by atoms with Gasteiger partial charge in [0.05, 0.1) is 6.33 Å². The van der Waals surface area contributed by atoms with E-state index < -0.39 is 17.9 Å². The molecule has 2 N–H and O–H groups in total. The second kappa shape index (κ2) is 5.81. The Hall–Kier alpha value is -1.63. The third-order valence-electron chi connectivity index (χ3n) is 2.08. The van der Waals surface area contributed by atoms with Crippen molar-refractivity contribution in [2.75, 3.05) is 6.54 Å². The van der Waals surface area contributed by atoms with E-state index in [4.69, 9.17) is 5.73 Å². The lowest BCUT2D eigenvalue weighted by molar-refractivity contribution is -0.274. The predicted molar refractivity (Wildman–Crippen MR) is 55.0 cm³/mol. The summed E-state index contributed by atoms with van der Waals surface area (Å²) in [7, 11) is 0. The fourth-order valence-corrected chi connectivity index (χ4v) is 1.28. The Kier molecular flexibility index (Phi) is 4.66. The van der Waals surface area contributed by atoms with Crippen LogP contribution in [-0.2, 0) is 6.42 Å². The van der Waals surface area contributed by atoms with E-state index in [0.29, 0.717) is 0 Å². The molecule has 0 spiro atoms. The van der Waals surface area contributed by atoms with Gasteiger partial charge in [-0.25, -0.2) is 8.78 Å². The predicted octanol–water partition coefficient (Wildman–Crippen LogP) is 3.08. The highest BCUT2D eigenvalue weighted by atomic mass is 19.4. The van der Waals surface area contributed by atoms with Crippen LogP contribution in [0.4, 0.5) is 22.0 Å². The Labute approximate surface area is 99.8 Å². The highest BCUT2D eigenvalue weighted by molar-refractivity contribution is 5.32. The van der Waals surface area contributed by atoms with Gasteiger partial charge in [0, 0.05) is 13.0 Å². The minimum absolute atomic E-state index is 0.0676.